The Morgan fingerprint density at radius 3 is 2.40 bits per heavy atom. The van der Waals surface area contributed by atoms with Gasteiger partial charge in [-0.1, -0.05) is 91.0 Å². The number of ether oxygens (including phenoxy) is 1. The third-order valence-electron chi connectivity index (χ3n) is 11.0. The van der Waals surface area contributed by atoms with Gasteiger partial charge in [-0.3, -0.25) is 14.3 Å². The van der Waals surface area contributed by atoms with E-state index in [1.165, 1.54) is 4.68 Å². The van der Waals surface area contributed by atoms with Gasteiger partial charge in [-0.05, 0) is 54.9 Å². The molecule has 2 aromatic heterocycles. The van der Waals surface area contributed by atoms with Gasteiger partial charge in [0.25, 0.3) is 11.5 Å². The third-order valence-corrected chi connectivity index (χ3v) is 13.6. The normalized spacial score (nSPS) is 21.8. The molecule has 53 heavy (non-hydrogen) atoms. The van der Waals surface area contributed by atoms with Crippen LogP contribution in [0.25, 0.3) is 16.5 Å². The van der Waals surface area contributed by atoms with E-state index in [9.17, 15) is 19.5 Å². The molecular weight excluding hydrogens is 685 g/mol. The minimum Gasteiger partial charge on any atom is -0.432 e. The maximum atomic E-state index is 14.8. The van der Waals surface area contributed by atoms with Crippen LogP contribution in [0.2, 0.25) is 18.6 Å². The van der Waals surface area contributed by atoms with Crippen molar-refractivity contribution in [3.63, 3.8) is 0 Å². The summed E-state index contributed by atoms with van der Waals surface area (Å²) >= 11 is 0. The molecule has 6 aromatic rings. The van der Waals surface area contributed by atoms with Gasteiger partial charge in [0.1, 0.15) is 0 Å². The Balaban J connectivity index is 1.05. The van der Waals surface area contributed by atoms with E-state index in [1.54, 1.807) is 21.8 Å². The van der Waals surface area contributed by atoms with Crippen LogP contribution in [-0.4, -0.2) is 61.6 Å². The van der Waals surface area contributed by atoms with E-state index in [4.69, 9.17) is 4.74 Å². The largest absolute Gasteiger partial charge is 0.432 e. The van der Waals surface area contributed by atoms with Crippen LogP contribution < -0.4 is 10.5 Å². The maximum Gasteiger partial charge on any atom is 0.279 e. The number of aliphatic hydroxyl groups excluding tert-OH is 1. The molecule has 270 valence electrons. The van der Waals surface area contributed by atoms with Crippen molar-refractivity contribution in [1.29, 1.82) is 0 Å². The number of amides is 1. The lowest BCUT2D eigenvalue weighted by molar-refractivity contribution is -0.146. The number of aromatic nitrogens is 5. The Bertz CT molecular complexity index is 2340. The molecule has 0 saturated carbocycles. The number of nitrogens with zero attached hydrogens (tertiary/aromatic N) is 6. The van der Waals surface area contributed by atoms with Gasteiger partial charge >= 0.3 is 0 Å². The molecule has 4 aromatic carbocycles. The lowest BCUT2D eigenvalue weighted by Gasteiger charge is -2.32. The van der Waals surface area contributed by atoms with Gasteiger partial charge in [-0.25, -0.2) is 0 Å². The number of rotatable bonds is 10. The molecule has 8 rings (SSSR count). The summed E-state index contributed by atoms with van der Waals surface area (Å²) in [5, 5.41) is 24.7. The number of fused-ring (bicyclic) bond motifs is 3. The molecule has 12 heteroatoms. The van der Waals surface area contributed by atoms with Crippen molar-refractivity contribution in [3.8, 4) is 5.69 Å². The number of anilines is 1. The smallest absolute Gasteiger partial charge is 0.279 e. The average molecular weight is 727 g/mol. The van der Waals surface area contributed by atoms with Crippen molar-refractivity contribution in [2.24, 2.45) is 5.92 Å². The molecule has 1 amide bonds. The number of hydrogen-bond donors (Lipinski definition) is 2. The molecular formula is C41H42N6O5Si. The molecule has 2 aliphatic heterocycles. The quantitative estimate of drug-likeness (QED) is 0.176. The molecule has 2 N–H and O–H groups in total. The van der Waals surface area contributed by atoms with Crippen LogP contribution >= 0.6 is 0 Å². The number of carbonyl (C=O) groups excluding carboxylic acids is 1. The molecule has 0 bridgehead atoms. The summed E-state index contributed by atoms with van der Waals surface area (Å²) in [6.45, 7) is 6.56. The van der Waals surface area contributed by atoms with Gasteiger partial charge in [0, 0.05) is 35.2 Å². The summed E-state index contributed by atoms with van der Waals surface area (Å²) in [7, 11) is -2.86. The Morgan fingerprint density at radius 1 is 0.925 bits per heavy atom. The van der Waals surface area contributed by atoms with E-state index in [0.717, 1.165) is 27.8 Å². The van der Waals surface area contributed by atoms with Crippen molar-refractivity contribution < 1.29 is 19.4 Å². The molecule has 11 nitrogen and oxygen atoms in total. The second kappa shape index (κ2) is 13.6. The fourth-order valence-electron chi connectivity index (χ4n) is 8.56. The molecule has 1 fully saturated rings. The first-order valence-electron chi connectivity index (χ1n) is 18.0. The zero-order chi connectivity index (χ0) is 36.9. The number of carbonyl (C=O) groups is 1. The predicted molar refractivity (Wildman–Crippen MR) is 204 cm³/mol. The topological polar surface area (TPSA) is 136 Å². The van der Waals surface area contributed by atoms with Crippen LogP contribution in [0, 0.1) is 5.92 Å². The Labute approximate surface area is 308 Å². The van der Waals surface area contributed by atoms with Gasteiger partial charge in [-0.2, -0.15) is 9.78 Å². The maximum absolute atomic E-state index is 14.8. The Kier molecular flexibility index (Phi) is 8.93. The average Bonchev–Trinajstić information content (AvgIpc) is 3.82. The van der Waals surface area contributed by atoms with Gasteiger partial charge in [0.2, 0.25) is 0 Å². The van der Waals surface area contributed by atoms with Crippen molar-refractivity contribution in [1.82, 2.24) is 24.8 Å². The highest BCUT2D eigenvalue weighted by Crippen LogP contribution is 2.59. The standard InChI is InChI=1S/C41H42N6O5Si/c1-27-38(53(2,3)51)37(21-22-45-25-35(43-44-45)33(26-48)29-11-5-4-6-12-29)52-41(27)34-15-9-10-16-36(34)46(40(41)50)24-28-17-19-31(20-18-28)47-39(49)32-14-8-7-13-30(32)23-42-47/h4-20,23,25,27,33,37-38,48,51H,21-22,24,26H2,1-3H3/t27-,33?,37+,38-,41+/m0/s1. The lowest BCUT2D eigenvalue weighted by Crippen LogP contribution is -2.46. The summed E-state index contributed by atoms with van der Waals surface area (Å²) in [5.74, 6) is -0.736. The fourth-order valence-corrected chi connectivity index (χ4v) is 11.2. The van der Waals surface area contributed by atoms with Crippen LogP contribution in [0.15, 0.2) is 120 Å². The first-order chi connectivity index (χ1) is 25.6. The molecule has 0 radical (unpaired) electrons. The predicted octanol–water partition coefficient (Wildman–Crippen LogP) is 5.54. The van der Waals surface area contributed by atoms with E-state index in [2.05, 4.69) is 15.4 Å². The summed E-state index contributed by atoms with van der Waals surface area (Å²) in [6, 6.07) is 32.4. The van der Waals surface area contributed by atoms with Crippen molar-refractivity contribution >= 4 is 30.7 Å². The van der Waals surface area contributed by atoms with Crippen molar-refractivity contribution in [3.05, 3.63) is 148 Å². The molecule has 4 heterocycles. The molecule has 0 aliphatic carbocycles. The highest BCUT2D eigenvalue weighted by atomic mass is 28.4. The Morgan fingerprint density at radius 2 is 1.64 bits per heavy atom. The Hall–Kier alpha value is -5.27. The lowest BCUT2D eigenvalue weighted by atomic mass is 9.82. The van der Waals surface area contributed by atoms with Crippen LogP contribution in [0.5, 0.6) is 0 Å². The van der Waals surface area contributed by atoms with E-state index in [0.29, 0.717) is 36.3 Å². The monoisotopic (exact) mass is 726 g/mol. The SMILES string of the molecule is C[C@H]1[C@H]([Si](C)(C)O)[C@@H](CCn2cc(C(CO)c3ccccc3)nn2)O[C@]12C(=O)N(Cc1ccc(-n3ncc4ccccc4c3=O)cc1)c1ccccc12. The van der Waals surface area contributed by atoms with Gasteiger partial charge in [0.05, 0.1) is 53.8 Å². The zero-order valence-corrected chi connectivity index (χ0v) is 30.9. The summed E-state index contributed by atoms with van der Waals surface area (Å²) in [4.78, 5) is 41.5. The molecule has 2 aliphatic rings. The van der Waals surface area contributed by atoms with Gasteiger partial charge in [0.15, 0.2) is 13.9 Å². The zero-order valence-electron chi connectivity index (χ0n) is 29.9. The summed E-state index contributed by atoms with van der Waals surface area (Å²) in [5.41, 5.74) is 3.06. The highest BCUT2D eigenvalue weighted by Gasteiger charge is 2.66. The second-order valence-electron chi connectivity index (χ2n) is 14.7. The fraction of sp³-hybridized carbons (Fsp3) is 0.293. The minimum absolute atomic E-state index is 0.0926. The molecule has 1 spiro atoms. The number of aliphatic hydroxyl groups is 1. The van der Waals surface area contributed by atoms with Gasteiger partial charge in [-0.15, -0.1) is 5.10 Å². The first kappa shape index (κ1) is 34.8. The molecule has 5 atom stereocenters. The van der Waals surface area contributed by atoms with Crippen molar-refractivity contribution in [2.45, 2.75) is 62.7 Å². The van der Waals surface area contributed by atoms with Crippen LogP contribution in [-0.2, 0) is 28.2 Å². The number of hydrogen-bond acceptors (Lipinski definition) is 8. The van der Waals surface area contributed by atoms with Crippen LogP contribution in [0.4, 0.5) is 5.69 Å². The van der Waals surface area contributed by atoms with Gasteiger partial charge < -0.3 is 19.5 Å². The van der Waals surface area contributed by atoms with Crippen LogP contribution in [0.1, 0.15) is 41.6 Å². The van der Waals surface area contributed by atoms with E-state index in [1.807, 2.05) is 123 Å². The second-order valence-corrected chi connectivity index (χ2v) is 18.7. The summed E-state index contributed by atoms with van der Waals surface area (Å²) in [6.07, 6.45) is 3.65. The first-order valence-corrected chi connectivity index (χ1v) is 21.1. The van der Waals surface area contributed by atoms with E-state index >= 15 is 0 Å². The molecule has 1 saturated heterocycles. The summed E-state index contributed by atoms with van der Waals surface area (Å²) < 4.78 is 10.1. The molecule has 1 unspecified atom stereocenters. The van der Waals surface area contributed by atoms with Crippen LogP contribution in [0.3, 0.4) is 0 Å². The van der Waals surface area contributed by atoms with E-state index in [-0.39, 0.29) is 35.5 Å². The minimum atomic E-state index is -2.86. The highest BCUT2D eigenvalue weighted by molar-refractivity contribution is 6.71. The third kappa shape index (κ3) is 6.01. The van der Waals surface area contributed by atoms with E-state index < -0.39 is 20.0 Å². The van der Waals surface area contributed by atoms with Crippen molar-refractivity contribution in [2.75, 3.05) is 11.5 Å². The number of aryl methyl sites for hydroxylation is 1. The number of para-hydroxylation sites is 1. The number of benzene rings is 4.